The second-order valence-electron chi connectivity index (χ2n) is 5.81. The number of aromatic nitrogens is 3. The molecule has 7 heteroatoms. The number of hydrogen-bond acceptors (Lipinski definition) is 3. The molecule has 1 aliphatic rings. The van der Waals surface area contributed by atoms with E-state index in [2.05, 4.69) is 5.10 Å². The number of ether oxygens (including phenoxy) is 1. The number of epoxide rings is 1. The molecule has 1 aliphatic heterocycles. The monoisotopic (exact) mass is 345 g/mol. The van der Waals surface area contributed by atoms with Crippen LogP contribution in [0.1, 0.15) is 17.2 Å². The Kier molecular flexibility index (Phi) is 3.51. The summed E-state index contributed by atoms with van der Waals surface area (Å²) in [5.41, 5.74) is 1.11. The Hall–Kier alpha value is -2.44. The quantitative estimate of drug-likeness (QED) is 0.448. The van der Waals surface area contributed by atoms with Gasteiger partial charge in [-0.25, -0.2) is 4.39 Å². The summed E-state index contributed by atoms with van der Waals surface area (Å²) >= 11 is 6.32. The third-order valence-corrected chi connectivity index (χ3v) is 4.56. The van der Waals surface area contributed by atoms with Gasteiger partial charge in [-0.1, -0.05) is 41.9 Å². The third kappa shape index (κ3) is 2.53. The normalized spacial score (nSPS) is 22.5. The van der Waals surface area contributed by atoms with Gasteiger partial charge < -0.3 is 4.74 Å². The molecule has 0 spiro atoms. The minimum absolute atomic E-state index is 0.230. The SMILES string of the molecule is N[n+]1cnn(CC2(c3ccc(F)cc3)OC2c2ccccc2Cl)c1. The van der Waals surface area contributed by atoms with Crippen LogP contribution in [-0.2, 0) is 16.9 Å². The largest absolute Gasteiger partial charge is 0.352 e. The molecule has 1 aromatic heterocycles. The minimum atomic E-state index is -0.655. The standard InChI is InChI=1S/C17H15ClFN4O/c18-15-4-2-1-3-14(15)16-17(24-16,9-23-11-22(20)10-21-23)12-5-7-13(19)8-6-12/h1-8,10-11,16H,9,20H2/q+1. The Balaban J connectivity index is 1.74. The van der Waals surface area contributed by atoms with Gasteiger partial charge in [0.05, 0.1) is 0 Å². The minimum Gasteiger partial charge on any atom is -0.352 e. The van der Waals surface area contributed by atoms with Crippen LogP contribution in [0.25, 0.3) is 0 Å². The fourth-order valence-corrected chi connectivity index (χ4v) is 3.24. The van der Waals surface area contributed by atoms with Crippen LogP contribution in [0, 0.1) is 5.82 Å². The summed E-state index contributed by atoms with van der Waals surface area (Å²) in [5, 5.41) is 4.84. The molecule has 2 N–H and O–H groups in total. The summed E-state index contributed by atoms with van der Waals surface area (Å²) < 4.78 is 22.5. The average Bonchev–Trinajstić information content (AvgIpc) is 3.14. The van der Waals surface area contributed by atoms with Gasteiger partial charge in [0.2, 0.25) is 6.33 Å². The van der Waals surface area contributed by atoms with Crippen LogP contribution in [0.4, 0.5) is 4.39 Å². The van der Waals surface area contributed by atoms with Crippen LogP contribution in [0.2, 0.25) is 5.02 Å². The Morgan fingerprint density at radius 1 is 1.25 bits per heavy atom. The predicted molar refractivity (Wildman–Crippen MR) is 85.9 cm³/mol. The number of hydrogen-bond donors (Lipinski definition) is 1. The molecule has 0 bridgehead atoms. The van der Waals surface area contributed by atoms with E-state index in [1.807, 2.05) is 24.3 Å². The van der Waals surface area contributed by atoms with Crippen molar-refractivity contribution in [3.63, 3.8) is 0 Å². The first kappa shape index (κ1) is 15.1. The van der Waals surface area contributed by atoms with Crippen molar-refractivity contribution in [1.29, 1.82) is 0 Å². The lowest BCUT2D eigenvalue weighted by molar-refractivity contribution is -0.639. The van der Waals surface area contributed by atoms with Crippen molar-refractivity contribution in [2.24, 2.45) is 0 Å². The predicted octanol–water partition coefficient (Wildman–Crippen LogP) is 2.34. The Morgan fingerprint density at radius 3 is 2.67 bits per heavy atom. The molecule has 2 heterocycles. The molecule has 1 fully saturated rings. The molecular weight excluding hydrogens is 331 g/mol. The highest BCUT2D eigenvalue weighted by atomic mass is 35.5. The molecule has 5 nitrogen and oxygen atoms in total. The van der Waals surface area contributed by atoms with E-state index in [0.717, 1.165) is 11.1 Å². The van der Waals surface area contributed by atoms with Crippen molar-refractivity contribution >= 4 is 11.6 Å². The van der Waals surface area contributed by atoms with E-state index in [1.54, 1.807) is 23.1 Å². The molecule has 0 radical (unpaired) electrons. The van der Waals surface area contributed by atoms with Crippen molar-refractivity contribution in [3.05, 3.63) is 83.2 Å². The highest BCUT2D eigenvalue weighted by molar-refractivity contribution is 6.31. The maximum atomic E-state index is 13.3. The Labute approximate surface area is 143 Å². The van der Waals surface area contributed by atoms with Gasteiger partial charge in [-0.15, -0.1) is 9.36 Å². The summed E-state index contributed by atoms with van der Waals surface area (Å²) in [4.78, 5) is 0. The van der Waals surface area contributed by atoms with Gasteiger partial charge in [-0.05, 0) is 23.8 Å². The lowest BCUT2D eigenvalue weighted by Crippen LogP contribution is -2.42. The summed E-state index contributed by atoms with van der Waals surface area (Å²) in [6.45, 7) is 0.443. The summed E-state index contributed by atoms with van der Waals surface area (Å²) in [5.74, 6) is 5.38. The molecule has 2 atom stereocenters. The number of nitrogens with zero attached hydrogens (tertiary/aromatic N) is 3. The zero-order valence-electron chi connectivity index (χ0n) is 12.6. The Morgan fingerprint density at radius 2 is 2.00 bits per heavy atom. The van der Waals surface area contributed by atoms with Crippen molar-refractivity contribution < 1.29 is 13.8 Å². The first-order valence-corrected chi connectivity index (χ1v) is 7.83. The van der Waals surface area contributed by atoms with Crippen LogP contribution < -0.4 is 10.5 Å². The highest BCUT2D eigenvalue weighted by Gasteiger charge is 2.61. The Bertz CT molecular complexity index is 882. The number of nitrogen functional groups attached to an aromatic ring is 1. The number of benzene rings is 2. The molecular formula is C17H15ClFN4O+. The molecule has 2 aromatic carbocycles. The van der Waals surface area contributed by atoms with E-state index in [1.165, 1.54) is 23.1 Å². The lowest BCUT2D eigenvalue weighted by atomic mass is 9.91. The smallest absolute Gasteiger partial charge is 0.286 e. The van der Waals surface area contributed by atoms with E-state index in [-0.39, 0.29) is 11.9 Å². The van der Waals surface area contributed by atoms with Gasteiger partial charge >= 0.3 is 0 Å². The average molecular weight is 346 g/mol. The van der Waals surface area contributed by atoms with Gasteiger partial charge in [0.25, 0.3) is 6.33 Å². The first-order chi connectivity index (χ1) is 11.6. The van der Waals surface area contributed by atoms with Gasteiger partial charge in [0.1, 0.15) is 18.5 Å². The molecule has 4 rings (SSSR count). The molecule has 0 aliphatic carbocycles. The van der Waals surface area contributed by atoms with Crippen molar-refractivity contribution in [3.8, 4) is 0 Å². The first-order valence-electron chi connectivity index (χ1n) is 7.45. The number of nitrogens with two attached hydrogens (primary N) is 1. The summed E-state index contributed by atoms with van der Waals surface area (Å²) in [7, 11) is 0. The van der Waals surface area contributed by atoms with Crippen molar-refractivity contribution in [1.82, 2.24) is 9.78 Å². The summed E-state index contributed by atoms with van der Waals surface area (Å²) in [6, 6.07) is 13.9. The fraction of sp³-hybridized carbons (Fsp3) is 0.176. The van der Waals surface area contributed by atoms with Gasteiger partial charge in [0, 0.05) is 15.7 Å². The van der Waals surface area contributed by atoms with E-state index < -0.39 is 5.60 Å². The van der Waals surface area contributed by atoms with Crippen LogP contribution >= 0.6 is 11.6 Å². The number of halogens is 2. The van der Waals surface area contributed by atoms with Gasteiger partial charge in [0.15, 0.2) is 5.60 Å². The highest BCUT2D eigenvalue weighted by Crippen LogP contribution is 2.59. The lowest BCUT2D eigenvalue weighted by Gasteiger charge is -2.11. The molecule has 0 saturated carbocycles. The van der Waals surface area contributed by atoms with Gasteiger partial charge in [-0.2, -0.15) is 0 Å². The van der Waals surface area contributed by atoms with E-state index in [9.17, 15) is 4.39 Å². The molecule has 2 unspecified atom stereocenters. The molecule has 1 saturated heterocycles. The molecule has 122 valence electrons. The van der Waals surface area contributed by atoms with Crippen LogP contribution in [0.3, 0.4) is 0 Å². The molecule has 3 aromatic rings. The van der Waals surface area contributed by atoms with E-state index in [0.29, 0.717) is 11.6 Å². The maximum Gasteiger partial charge on any atom is 0.286 e. The second-order valence-corrected chi connectivity index (χ2v) is 6.21. The summed E-state index contributed by atoms with van der Waals surface area (Å²) in [6.07, 6.45) is 2.94. The topological polar surface area (TPSA) is 60.2 Å². The molecule has 0 amide bonds. The van der Waals surface area contributed by atoms with E-state index >= 15 is 0 Å². The van der Waals surface area contributed by atoms with Crippen LogP contribution in [0.5, 0.6) is 0 Å². The number of rotatable bonds is 4. The zero-order valence-corrected chi connectivity index (χ0v) is 13.4. The van der Waals surface area contributed by atoms with E-state index in [4.69, 9.17) is 22.2 Å². The van der Waals surface area contributed by atoms with Crippen molar-refractivity contribution in [2.45, 2.75) is 18.2 Å². The fourth-order valence-electron chi connectivity index (χ4n) is 3.00. The second kappa shape index (κ2) is 5.58. The van der Waals surface area contributed by atoms with Gasteiger partial charge in [-0.3, -0.25) is 5.84 Å². The van der Waals surface area contributed by atoms with Crippen LogP contribution in [-0.4, -0.2) is 9.78 Å². The molecule has 24 heavy (non-hydrogen) atoms. The van der Waals surface area contributed by atoms with Crippen molar-refractivity contribution in [2.75, 3.05) is 5.84 Å². The van der Waals surface area contributed by atoms with Crippen LogP contribution in [0.15, 0.2) is 61.2 Å². The maximum absolute atomic E-state index is 13.3. The zero-order chi connectivity index (χ0) is 16.7. The third-order valence-electron chi connectivity index (χ3n) is 4.21.